The van der Waals surface area contributed by atoms with E-state index in [1.165, 1.54) is 18.2 Å². The predicted octanol–water partition coefficient (Wildman–Crippen LogP) is 3.20. The number of benzene rings is 1. The van der Waals surface area contributed by atoms with E-state index in [4.69, 9.17) is 28.9 Å². The van der Waals surface area contributed by atoms with Crippen LogP contribution in [0.4, 0.5) is 5.69 Å². The highest BCUT2D eigenvalue weighted by molar-refractivity contribution is 8.00. The highest BCUT2D eigenvalue weighted by Crippen LogP contribution is 2.29. The van der Waals surface area contributed by atoms with Crippen LogP contribution in [0.5, 0.6) is 0 Å². The Bertz CT molecular complexity index is 462. The predicted molar refractivity (Wildman–Crippen MR) is 78.7 cm³/mol. The zero-order valence-electron chi connectivity index (χ0n) is 9.71. The van der Waals surface area contributed by atoms with E-state index in [1.807, 2.05) is 11.8 Å². The maximum Gasteiger partial charge on any atom is 0.252 e. The van der Waals surface area contributed by atoms with Crippen LogP contribution in [0.3, 0.4) is 0 Å². The number of rotatable bonds is 3. The Morgan fingerprint density at radius 3 is 2.94 bits per heavy atom. The molecule has 1 fully saturated rings. The average Bonchev–Trinajstić information content (AvgIpc) is 2.83. The molecule has 1 aromatic rings. The van der Waals surface area contributed by atoms with Crippen LogP contribution in [0.1, 0.15) is 23.2 Å². The van der Waals surface area contributed by atoms with Gasteiger partial charge in [0.1, 0.15) is 0 Å². The molecule has 0 spiro atoms. The minimum absolute atomic E-state index is 0.221. The molecule has 6 heteroatoms. The molecule has 98 valence electrons. The summed E-state index contributed by atoms with van der Waals surface area (Å²) < 4.78 is 0. The van der Waals surface area contributed by atoms with Gasteiger partial charge in [-0.2, -0.15) is 11.8 Å². The van der Waals surface area contributed by atoms with Gasteiger partial charge in [-0.25, -0.2) is 0 Å². The van der Waals surface area contributed by atoms with Crippen molar-refractivity contribution in [3.63, 3.8) is 0 Å². The van der Waals surface area contributed by atoms with Crippen LogP contribution in [0.2, 0.25) is 10.0 Å². The van der Waals surface area contributed by atoms with Gasteiger partial charge in [-0.15, -0.1) is 0 Å². The summed E-state index contributed by atoms with van der Waals surface area (Å²) in [4.78, 5) is 12.0. The smallest absolute Gasteiger partial charge is 0.252 e. The summed E-state index contributed by atoms with van der Waals surface area (Å²) in [7, 11) is 0. The van der Waals surface area contributed by atoms with E-state index >= 15 is 0 Å². The lowest BCUT2D eigenvalue weighted by molar-refractivity contribution is 0.0954. The van der Waals surface area contributed by atoms with Crippen molar-refractivity contribution >= 4 is 46.6 Å². The second-order valence-corrected chi connectivity index (χ2v) is 6.40. The number of halogens is 2. The first-order valence-corrected chi connectivity index (χ1v) is 7.52. The fourth-order valence-corrected chi connectivity index (χ4v) is 3.51. The first kappa shape index (κ1) is 13.8. The first-order chi connectivity index (χ1) is 8.58. The number of carbonyl (C=O) groups is 1. The molecule has 1 heterocycles. The van der Waals surface area contributed by atoms with Crippen molar-refractivity contribution < 1.29 is 4.79 Å². The standard InChI is InChI=1S/C12H14Cl2N2OS/c13-10-5-7(15)4-9(11(10)14)12(17)16-6-8-2-1-3-18-8/h4-5,8H,1-3,6,15H2,(H,16,17). The number of carbonyl (C=O) groups excluding carboxylic acids is 1. The molecule has 1 unspecified atom stereocenters. The average molecular weight is 305 g/mol. The number of nitrogen functional groups attached to an aromatic ring is 1. The van der Waals surface area contributed by atoms with Crippen LogP contribution >= 0.6 is 35.0 Å². The minimum Gasteiger partial charge on any atom is -0.399 e. The van der Waals surface area contributed by atoms with Crippen molar-refractivity contribution in [3.05, 3.63) is 27.7 Å². The Morgan fingerprint density at radius 2 is 2.28 bits per heavy atom. The van der Waals surface area contributed by atoms with Gasteiger partial charge < -0.3 is 11.1 Å². The summed E-state index contributed by atoms with van der Waals surface area (Å²) in [6, 6.07) is 3.08. The second-order valence-electron chi connectivity index (χ2n) is 4.21. The molecule has 1 aromatic carbocycles. The van der Waals surface area contributed by atoms with Crippen molar-refractivity contribution in [1.29, 1.82) is 0 Å². The van der Waals surface area contributed by atoms with Gasteiger partial charge in [0, 0.05) is 17.5 Å². The van der Waals surface area contributed by atoms with Crippen LogP contribution in [0.15, 0.2) is 12.1 Å². The SMILES string of the molecule is Nc1cc(Cl)c(Cl)c(C(=O)NCC2CCCS2)c1. The lowest BCUT2D eigenvalue weighted by Gasteiger charge is -2.12. The maximum atomic E-state index is 12.0. The molecule has 1 aliphatic rings. The molecule has 1 amide bonds. The number of hydrogen-bond donors (Lipinski definition) is 2. The number of anilines is 1. The van der Waals surface area contributed by atoms with Gasteiger partial charge in [-0.05, 0) is 30.7 Å². The van der Waals surface area contributed by atoms with Crippen molar-refractivity contribution in [3.8, 4) is 0 Å². The van der Waals surface area contributed by atoms with E-state index in [0.29, 0.717) is 28.1 Å². The minimum atomic E-state index is -0.221. The quantitative estimate of drug-likeness (QED) is 0.843. The number of nitrogens with one attached hydrogen (secondary N) is 1. The van der Waals surface area contributed by atoms with Gasteiger partial charge in [0.25, 0.3) is 5.91 Å². The van der Waals surface area contributed by atoms with Crippen LogP contribution in [0.25, 0.3) is 0 Å². The molecule has 1 aliphatic heterocycles. The van der Waals surface area contributed by atoms with E-state index in [2.05, 4.69) is 5.32 Å². The molecule has 3 N–H and O–H groups in total. The third kappa shape index (κ3) is 3.25. The maximum absolute atomic E-state index is 12.0. The summed E-state index contributed by atoms with van der Waals surface area (Å²) in [5.41, 5.74) is 6.43. The lowest BCUT2D eigenvalue weighted by Crippen LogP contribution is -2.30. The Morgan fingerprint density at radius 1 is 1.50 bits per heavy atom. The van der Waals surface area contributed by atoms with E-state index in [1.54, 1.807) is 6.07 Å². The Kier molecular flexibility index (Phi) is 4.65. The Balaban J connectivity index is 2.04. The van der Waals surface area contributed by atoms with E-state index in [-0.39, 0.29) is 10.9 Å². The van der Waals surface area contributed by atoms with Crippen LogP contribution in [-0.4, -0.2) is 23.5 Å². The van der Waals surface area contributed by atoms with Gasteiger partial charge >= 0.3 is 0 Å². The van der Waals surface area contributed by atoms with Gasteiger partial charge in [-0.1, -0.05) is 23.2 Å². The highest BCUT2D eigenvalue weighted by Gasteiger charge is 2.18. The molecule has 1 atom stereocenters. The summed E-state index contributed by atoms with van der Waals surface area (Å²) in [6.45, 7) is 0.659. The number of thioether (sulfide) groups is 1. The van der Waals surface area contributed by atoms with Gasteiger partial charge in [-0.3, -0.25) is 4.79 Å². The van der Waals surface area contributed by atoms with Crippen molar-refractivity contribution in [2.75, 3.05) is 18.0 Å². The molecule has 18 heavy (non-hydrogen) atoms. The molecular weight excluding hydrogens is 291 g/mol. The summed E-state index contributed by atoms with van der Waals surface area (Å²) in [5.74, 6) is 0.951. The fourth-order valence-electron chi connectivity index (χ4n) is 1.88. The van der Waals surface area contributed by atoms with E-state index in [9.17, 15) is 4.79 Å². The van der Waals surface area contributed by atoms with Crippen LogP contribution < -0.4 is 11.1 Å². The second kappa shape index (κ2) is 6.04. The molecule has 0 radical (unpaired) electrons. The number of nitrogens with two attached hydrogens (primary N) is 1. The molecule has 1 saturated heterocycles. The van der Waals surface area contributed by atoms with E-state index in [0.717, 1.165) is 6.42 Å². The zero-order valence-corrected chi connectivity index (χ0v) is 12.0. The van der Waals surface area contributed by atoms with E-state index < -0.39 is 0 Å². The van der Waals surface area contributed by atoms with Crippen LogP contribution in [0, 0.1) is 0 Å². The van der Waals surface area contributed by atoms with Crippen molar-refractivity contribution in [2.45, 2.75) is 18.1 Å². The first-order valence-electron chi connectivity index (χ1n) is 5.72. The van der Waals surface area contributed by atoms with Crippen LogP contribution in [-0.2, 0) is 0 Å². The molecule has 0 saturated carbocycles. The molecular formula is C12H14Cl2N2OS. The van der Waals surface area contributed by atoms with Crippen molar-refractivity contribution in [1.82, 2.24) is 5.32 Å². The summed E-state index contributed by atoms with van der Waals surface area (Å²) in [6.07, 6.45) is 2.37. The molecule has 0 aromatic heterocycles. The normalized spacial score (nSPS) is 18.9. The Hall–Kier alpha value is -0.580. The summed E-state index contributed by atoms with van der Waals surface area (Å²) in [5, 5.41) is 3.94. The Labute approximate surface area is 120 Å². The number of hydrogen-bond acceptors (Lipinski definition) is 3. The van der Waals surface area contributed by atoms with Gasteiger partial charge in [0.05, 0.1) is 15.6 Å². The highest BCUT2D eigenvalue weighted by atomic mass is 35.5. The largest absolute Gasteiger partial charge is 0.399 e. The summed E-state index contributed by atoms with van der Waals surface area (Å²) >= 11 is 13.8. The number of amides is 1. The lowest BCUT2D eigenvalue weighted by atomic mass is 10.2. The van der Waals surface area contributed by atoms with Gasteiger partial charge in [0.2, 0.25) is 0 Å². The van der Waals surface area contributed by atoms with Crippen molar-refractivity contribution in [2.24, 2.45) is 0 Å². The van der Waals surface area contributed by atoms with Gasteiger partial charge in [0.15, 0.2) is 0 Å². The third-order valence-electron chi connectivity index (χ3n) is 2.81. The topological polar surface area (TPSA) is 55.1 Å². The molecule has 3 nitrogen and oxygen atoms in total. The molecule has 0 bridgehead atoms. The molecule has 2 rings (SSSR count). The molecule has 0 aliphatic carbocycles. The zero-order chi connectivity index (χ0) is 13.1. The monoisotopic (exact) mass is 304 g/mol. The third-order valence-corrected chi connectivity index (χ3v) is 5.01. The fraction of sp³-hybridized carbons (Fsp3) is 0.417.